The van der Waals surface area contributed by atoms with Crippen LogP contribution in [0.4, 0.5) is 8.78 Å². The third kappa shape index (κ3) is 3.97. The van der Waals surface area contributed by atoms with E-state index in [2.05, 4.69) is 39.1 Å². The van der Waals surface area contributed by atoms with Gasteiger partial charge in [0.2, 0.25) is 0 Å². The highest BCUT2D eigenvalue weighted by atomic mass is 19.3. The van der Waals surface area contributed by atoms with E-state index in [4.69, 9.17) is 0 Å². The molecule has 7 heteroatoms. The van der Waals surface area contributed by atoms with Gasteiger partial charge in [-0.25, -0.2) is 0 Å². The molecule has 1 N–H and O–H groups in total. The molecule has 0 heterocycles. The van der Waals surface area contributed by atoms with Crippen LogP contribution in [-0.2, 0) is 14.4 Å². The van der Waals surface area contributed by atoms with Gasteiger partial charge in [0.1, 0.15) is 5.92 Å². The maximum absolute atomic E-state index is 14.2. The molecule has 5 aliphatic carbocycles. The summed E-state index contributed by atoms with van der Waals surface area (Å²) in [6.07, 6.45) is 7.33. The third-order valence-corrected chi connectivity index (χ3v) is 12.3. The van der Waals surface area contributed by atoms with Crippen molar-refractivity contribution in [3.8, 4) is 6.07 Å². The largest absolute Gasteiger partial charge is 0.345 e. The molecule has 0 aromatic rings. The zero-order chi connectivity index (χ0) is 29.0. The number of nitriles is 1. The number of Topliss-reactive ketones (excluding diaryl/α,β-unsaturated/α-hetero) is 1. The van der Waals surface area contributed by atoms with Gasteiger partial charge >= 0.3 is 5.92 Å². The Balaban J connectivity index is 1.59. The number of nitrogens with one attached hydrogen (secondary N) is 1. The predicted octanol–water partition coefficient (Wildman–Crippen LogP) is 6.42. The van der Waals surface area contributed by atoms with Gasteiger partial charge in [-0.1, -0.05) is 47.1 Å². The summed E-state index contributed by atoms with van der Waals surface area (Å²) in [7, 11) is 0. The van der Waals surface area contributed by atoms with Crippen LogP contribution in [0.25, 0.3) is 0 Å². The van der Waals surface area contributed by atoms with Crippen molar-refractivity contribution in [1.82, 2.24) is 5.32 Å². The molecule has 0 aliphatic heterocycles. The molecule has 1 amide bonds. The molecule has 5 nitrogen and oxygen atoms in total. The van der Waals surface area contributed by atoms with Crippen LogP contribution >= 0.6 is 0 Å². The number of carbonyl (C=O) groups is 3. The number of fused-ring (bicyclic) bond motifs is 7. The molecule has 0 aromatic carbocycles. The number of alkyl halides is 2. The average Bonchev–Trinajstić information content (AvgIpc) is 2.82. The lowest BCUT2D eigenvalue weighted by Crippen LogP contribution is -2.68. The minimum atomic E-state index is -3.48. The summed E-state index contributed by atoms with van der Waals surface area (Å²) >= 11 is 0. The molecule has 4 saturated carbocycles. The zero-order valence-electron chi connectivity index (χ0n) is 24.5. The van der Waals surface area contributed by atoms with Crippen molar-refractivity contribution in [3.05, 3.63) is 11.6 Å². The molecule has 0 bridgehead atoms. The first-order chi connectivity index (χ1) is 17.8. The number of amides is 1. The molecule has 5 rings (SSSR count). The van der Waals surface area contributed by atoms with E-state index in [-0.39, 0.29) is 46.1 Å². The first-order valence-electron chi connectivity index (χ1n) is 14.7. The highest BCUT2D eigenvalue weighted by molar-refractivity contribution is 5.96. The molecule has 8 atom stereocenters. The van der Waals surface area contributed by atoms with Crippen LogP contribution < -0.4 is 5.32 Å². The van der Waals surface area contributed by atoms with Gasteiger partial charge in [-0.2, -0.15) is 14.0 Å². The van der Waals surface area contributed by atoms with E-state index < -0.39 is 34.1 Å². The predicted molar refractivity (Wildman–Crippen MR) is 143 cm³/mol. The standard InChI is InChI=1S/C32H44F2N2O3/c1-27(2)12-13-32(36-26(39)31(7,33)34)11-8-19-24(20(32)16-27)21(37)14-23-29(19,5)10-9-22-28(3,4)25(38)18(17-35)15-30(22,23)6/h14,18-20,22,24H,8-13,15-16H2,1-7H3,(H,36,39). The van der Waals surface area contributed by atoms with Crippen LogP contribution in [0.15, 0.2) is 11.6 Å². The monoisotopic (exact) mass is 542 g/mol. The van der Waals surface area contributed by atoms with Gasteiger partial charge in [0.25, 0.3) is 5.91 Å². The molecule has 4 fully saturated rings. The molecule has 8 unspecified atom stereocenters. The fourth-order valence-corrected chi connectivity index (χ4v) is 10.3. The van der Waals surface area contributed by atoms with Crippen molar-refractivity contribution in [2.75, 3.05) is 0 Å². The summed E-state index contributed by atoms with van der Waals surface area (Å²) < 4.78 is 28.2. The van der Waals surface area contributed by atoms with Gasteiger partial charge in [0.15, 0.2) is 11.6 Å². The van der Waals surface area contributed by atoms with Crippen molar-refractivity contribution in [1.29, 1.82) is 5.26 Å². The molecule has 214 valence electrons. The summed E-state index contributed by atoms with van der Waals surface area (Å²) in [5.41, 5.74) is -1.16. The maximum Gasteiger partial charge on any atom is 0.321 e. The number of ketones is 2. The second-order valence-corrected chi connectivity index (χ2v) is 15.5. The summed E-state index contributed by atoms with van der Waals surface area (Å²) in [5, 5.41) is 12.7. The number of hydrogen-bond donors (Lipinski definition) is 1. The summed E-state index contributed by atoms with van der Waals surface area (Å²) in [4.78, 5) is 40.1. The zero-order valence-corrected chi connectivity index (χ0v) is 24.5. The SMILES string of the molecule is CC1(C)CCC2(NC(=O)C(C)(F)F)CCC3C(C(=O)C=C4C3(C)CCC3C(C)(C)C(=O)C(C#N)CC43C)C2C1. The minimum absolute atomic E-state index is 0.00652. The maximum atomic E-state index is 14.2. The first-order valence-corrected chi connectivity index (χ1v) is 14.7. The second-order valence-electron chi connectivity index (χ2n) is 15.5. The lowest BCUT2D eigenvalue weighted by molar-refractivity contribution is -0.159. The molecular weight excluding hydrogens is 498 g/mol. The average molecular weight is 543 g/mol. The van der Waals surface area contributed by atoms with Crippen LogP contribution in [0.3, 0.4) is 0 Å². The van der Waals surface area contributed by atoms with Crippen molar-refractivity contribution < 1.29 is 23.2 Å². The fraction of sp³-hybridized carbons (Fsp3) is 0.812. The Hall–Kier alpha value is -2.10. The lowest BCUT2D eigenvalue weighted by atomic mass is 9.38. The normalized spacial score (nSPS) is 44.5. The van der Waals surface area contributed by atoms with Crippen LogP contribution in [0, 0.1) is 62.6 Å². The van der Waals surface area contributed by atoms with Crippen molar-refractivity contribution in [2.24, 2.45) is 51.2 Å². The molecule has 0 spiro atoms. The van der Waals surface area contributed by atoms with Crippen LogP contribution in [-0.4, -0.2) is 28.9 Å². The highest BCUT2D eigenvalue weighted by Gasteiger charge is 2.67. The third-order valence-electron chi connectivity index (χ3n) is 12.3. The number of rotatable bonds is 2. The Kier molecular flexibility index (Phi) is 6.17. The number of halogens is 2. The van der Waals surface area contributed by atoms with E-state index in [1.807, 2.05) is 19.9 Å². The number of hydrogen-bond acceptors (Lipinski definition) is 4. The number of nitrogens with zero attached hydrogens (tertiary/aromatic N) is 1. The number of allylic oxidation sites excluding steroid dienone is 2. The fourth-order valence-electron chi connectivity index (χ4n) is 10.3. The van der Waals surface area contributed by atoms with Crippen LogP contribution in [0.1, 0.15) is 99.8 Å². The molecule has 5 aliphatic rings. The van der Waals surface area contributed by atoms with Crippen molar-refractivity contribution in [3.63, 3.8) is 0 Å². The molecule has 0 saturated heterocycles. The summed E-state index contributed by atoms with van der Waals surface area (Å²) in [5.74, 6) is -5.86. The molecule has 0 aromatic heterocycles. The van der Waals surface area contributed by atoms with Gasteiger partial charge in [0.05, 0.1) is 6.07 Å². The Morgan fingerprint density at radius 3 is 2.26 bits per heavy atom. The Bertz CT molecular complexity index is 1190. The Labute approximate surface area is 231 Å². The summed E-state index contributed by atoms with van der Waals surface area (Å²) in [6, 6.07) is 2.26. The van der Waals surface area contributed by atoms with E-state index >= 15 is 0 Å². The van der Waals surface area contributed by atoms with E-state index in [0.29, 0.717) is 39.0 Å². The second kappa shape index (κ2) is 8.46. The minimum Gasteiger partial charge on any atom is -0.345 e. The van der Waals surface area contributed by atoms with E-state index in [1.165, 1.54) is 0 Å². The quantitative estimate of drug-likeness (QED) is 0.436. The topological polar surface area (TPSA) is 87.0 Å². The van der Waals surface area contributed by atoms with Crippen LogP contribution in [0.2, 0.25) is 0 Å². The van der Waals surface area contributed by atoms with Gasteiger partial charge < -0.3 is 5.32 Å². The van der Waals surface area contributed by atoms with Crippen molar-refractivity contribution in [2.45, 2.75) is 111 Å². The van der Waals surface area contributed by atoms with Crippen LogP contribution in [0.5, 0.6) is 0 Å². The Morgan fingerprint density at radius 2 is 1.64 bits per heavy atom. The summed E-state index contributed by atoms with van der Waals surface area (Å²) in [6.45, 7) is 13.3. The van der Waals surface area contributed by atoms with Gasteiger partial charge in [-0.15, -0.1) is 0 Å². The smallest absolute Gasteiger partial charge is 0.321 e. The van der Waals surface area contributed by atoms with Gasteiger partial charge in [0, 0.05) is 23.8 Å². The van der Waals surface area contributed by atoms with Gasteiger partial charge in [-0.05, 0) is 91.4 Å². The van der Waals surface area contributed by atoms with E-state index in [1.54, 1.807) is 0 Å². The number of carbonyl (C=O) groups excluding carboxylic acids is 3. The Morgan fingerprint density at radius 1 is 0.974 bits per heavy atom. The van der Waals surface area contributed by atoms with E-state index in [0.717, 1.165) is 24.8 Å². The van der Waals surface area contributed by atoms with Gasteiger partial charge in [-0.3, -0.25) is 14.4 Å². The molecule has 0 radical (unpaired) electrons. The van der Waals surface area contributed by atoms with E-state index in [9.17, 15) is 28.4 Å². The first kappa shape index (κ1) is 28.4. The molecular formula is C32H44F2N2O3. The lowest BCUT2D eigenvalue weighted by Gasteiger charge is -2.66. The highest BCUT2D eigenvalue weighted by Crippen LogP contribution is 2.70. The van der Waals surface area contributed by atoms with Crippen molar-refractivity contribution >= 4 is 17.5 Å². The molecule has 39 heavy (non-hydrogen) atoms.